The van der Waals surface area contributed by atoms with Crippen LogP contribution in [0.15, 0.2) is 0 Å². The molecule has 4 fully saturated rings. The second kappa shape index (κ2) is 14.6. The molecule has 4 saturated heterocycles. The third-order valence-electron chi connectivity index (χ3n) is 10.2. The summed E-state index contributed by atoms with van der Waals surface area (Å²) in [6, 6.07) is 0. The molecule has 0 spiro atoms. The lowest BCUT2D eigenvalue weighted by molar-refractivity contribution is -0.193. The smallest absolute Gasteiger partial charge is 0.306 e. The van der Waals surface area contributed by atoms with Crippen molar-refractivity contribution in [2.45, 2.75) is 166 Å². The zero-order chi connectivity index (χ0) is 32.2. The number of carbonyl (C=O) groups excluding carboxylic acids is 2. The summed E-state index contributed by atoms with van der Waals surface area (Å²) < 4.78 is 35.2. The van der Waals surface area contributed by atoms with Crippen molar-refractivity contribution in [3.05, 3.63) is 0 Å². The number of piperidine rings is 2. The van der Waals surface area contributed by atoms with E-state index in [1.54, 1.807) is 14.2 Å². The van der Waals surface area contributed by atoms with E-state index in [1.807, 2.05) is 0 Å². The Labute approximate surface area is 265 Å². The fourth-order valence-corrected chi connectivity index (χ4v) is 8.58. The zero-order valence-electron chi connectivity index (χ0n) is 28.8. The second-order valence-corrected chi connectivity index (χ2v) is 15.2. The minimum Gasteiger partial charge on any atom is -0.462 e. The van der Waals surface area contributed by atoms with E-state index in [2.05, 4.69) is 51.3 Å². The van der Waals surface area contributed by atoms with E-state index in [-0.39, 0.29) is 47.4 Å². The van der Waals surface area contributed by atoms with Gasteiger partial charge < -0.3 is 28.4 Å². The zero-order valence-corrected chi connectivity index (χ0v) is 28.8. The van der Waals surface area contributed by atoms with Gasteiger partial charge in [-0.15, -0.1) is 0 Å². The number of unbranched alkanes of at least 4 members (excludes halogenated alkanes) is 5. The van der Waals surface area contributed by atoms with E-state index in [9.17, 15) is 9.59 Å². The lowest BCUT2D eigenvalue weighted by Crippen LogP contribution is -2.61. The second-order valence-electron chi connectivity index (χ2n) is 15.2. The van der Waals surface area contributed by atoms with Crippen molar-refractivity contribution in [3.63, 3.8) is 0 Å². The summed E-state index contributed by atoms with van der Waals surface area (Å²) in [6.07, 6.45) is 9.39. The Bertz CT molecular complexity index is 899. The molecular weight excluding hydrogens is 564 g/mol. The van der Waals surface area contributed by atoms with Gasteiger partial charge >= 0.3 is 11.9 Å². The number of fused-ring (bicyclic) bond motifs is 2. The molecule has 10 nitrogen and oxygen atoms in total. The van der Waals surface area contributed by atoms with Crippen molar-refractivity contribution >= 4 is 11.9 Å². The van der Waals surface area contributed by atoms with Crippen molar-refractivity contribution in [1.82, 2.24) is 9.80 Å². The minimum absolute atomic E-state index is 0.0419. The highest BCUT2D eigenvalue weighted by Crippen LogP contribution is 2.46. The molecule has 4 aliphatic rings. The first kappa shape index (κ1) is 35.6. The monoisotopic (exact) mass is 624 g/mol. The molecular formula is C34H60N2O8. The minimum atomic E-state index is -0.438. The molecule has 10 heteroatoms. The van der Waals surface area contributed by atoms with Gasteiger partial charge in [-0.2, -0.15) is 0 Å². The van der Waals surface area contributed by atoms with E-state index in [4.69, 9.17) is 28.4 Å². The van der Waals surface area contributed by atoms with Crippen LogP contribution >= 0.6 is 0 Å². The number of ether oxygens (including phenoxy) is 6. The van der Waals surface area contributed by atoms with Crippen LogP contribution in [0.25, 0.3) is 0 Å². The maximum absolute atomic E-state index is 12.7. The average Bonchev–Trinajstić information content (AvgIpc) is 3.42. The molecule has 6 unspecified atom stereocenters. The number of methoxy groups -OCH3 is 2. The van der Waals surface area contributed by atoms with Gasteiger partial charge in [0.1, 0.15) is 23.7 Å². The summed E-state index contributed by atoms with van der Waals surface area (Å²) >= 11 is 0. The van der Waals surface area contributed by atoms with E-state index in [0.29, 0.717) is 38.9 Å². The highest BCUT2D eigenvalue weighted by molar-refractivity contribution is 5.70. The lowest BCUT2D eigenvalue weighted by Gasteiger charge is -2.51. The Kier molecular flexibility index (Phi) is 11.8. The Morgan fingerprint density at radius 2 is 0.977 bits per heavy atom. The molecule has 0 aromatic rings. The van der Waals surface area contributed by atoms with E-state index in [1.165, 1.54) is 0 Å². The summed E-state index contributed by atoms with van der Waals surface area (Å²) in [4.78, 5) is 30.1. The van der Waals surface area contributed by atoms with Gasteiger partial charge in [-0.3, -0.25) is 19.4 Å². The SMILES string of the molecule is COCC1CN2C(C)(C)CC(OC(=O)CCCCCCCCC(=O)OC3CC(C)(C)N4CC(COC)OC4(C)C3)CC2(C)O1. The Morgan fingerprint density at radius 1 is 0.614 bits per heavy atom. The van der Waals surface area contributed by atoms with Gasteiger partial charge in [-0.25, -0.2) is 0 Å². The fraction of sp³-hybridized carbons (Fsp3) is 0.941. The van der Waals surface area contributed by atoms with Crippen molar-refractivity contribution in [2.24, 2.45) is 0 Å². The van der Waals surface area contributed by atoms with Gasteiger partial charge in [-0.05, 0) is 54.4 Å². The van der Waals surface area contributed by atoms with Crippen molar-refractivity contribution in [2.75, 3.05) is 40.5 Å². The topological polar surface area (TPSA) is 96.0 Å². The molecule has 0 saturated carbocycles. The van der Waals surface area contributed by atoms with Gasteiger partial charge in [0.05, 0.1) is 25.4 Å². The van der Waals surface area contributed by atoms with Gasteiger partial charge in [0, 0.05) is 76.9 Å². The summed E-state index contributed by atoms with van der Waals surface area (Å²) in [5.41, 5.74) is -1.10. The van der Waals surface area contributed by atoms with E-state index in [0.717, 1.165) is 64.5 Å². The van der Waals surface area contributed by atoms with Crippen molar-refractivity contribution in [3.8, 4) is 0 Å². The molecule has 4 aliphatic heterocycles. The molecule has 4 rings (SSSR count). The molecule has 0 aromatic heterocycles. The quantitative estimate of drug-likeness (QED) is 0.179. The summed E-state index contributed by atoms with van der Waals surface area (Å²) in [5.74, 6) is -0.228. The molecule has 0 radical (unpaired) electrons. The molecule has 4 heterocycles. The summed E-state index contributed by atoms with van der Waals surface area (Å²) in [6.45, 7) is 15.8. The number of hydrogen-bond donors (Lipinski definition) is 0. The molecule has 254 valence electrons. The highest BCUT2D eigenvalue weighted by Gasteiger charge is 2.56. The van der Waals surface area contributed by atoms with Crippen LogP contribution in [0.1, 0.15) is 119 Å². The van der Waals surface area contributed by atoms with Crippen LogP contribution < -0.4 is 0 Å². The molecule has 0 amide bonds. The summed E-state index contributed by atoms with van der Waals surface area (Å²) in [5, 5.41) is 0. The number of hydrogen-bond acceptors (Lipinski definition) is 10. The van der Waals surface area contributed by atoms with Gasteiger partial charge in [0.2, 0.25) is 0 Å². The third-order valence-corrected chi connectivity index (χ3v) is 10.2. The van der Waals surface area contributed by atoms with E-state index < -0.39 is 11.4 Å². The standard InChI is InChI=1S/C34H60N2O8/c1-31(2)17-25(19-33(5)35(31)21-27(43-33)23-39-7)41-29(37)15-13-11-9-10-12-14-16-30(38)42-26-18-32(3,4)36-22-28(24-40-8)44-34(36,6)20-26/h25-28H,9-24H2,1-8H3. The molecule has 0 N–H and O–H groups in total. The van der Waals surface area contributed by atoms with E-state index >= 15 is 0 Å². The highest BCUT2D eigenvalue weighted by atomic mass is 16.6. The maximum atomic E-state index is 12.7. The molecule has 44 heavy (non-hydrogen) atoms. The maximum Gasteiger partial charge on any atom is 0.306 e. The normalized spacial score (nSPS) is 34.8. The fourth-order valence-electron chi connectivity index (χ4n) is 8.58. The van der Waals surface area contributed by atoms with Crippen LogP contribution in [0.3, 0.4) is 0 Å². The number of nitrogens with zero attached hydrogens (tertiary/aromatic N) is 2. The first-order valence-electron chi connectivity index (χ1n) is 17.0. The Morgan fingerprint density at radius 3 is 1.34 bits per heavy atom. The van der Waals surface area contributed by atoms with Crippen LogP contribution in [0.2, 0.25) is 0 Å². The van der Waals surface area contributed by atoms with Crippen LogP contribution in [-0.2, 0) is 38.0 Å². The number of esters is 2. The lowest BCUT2D eigenvalue weighted by atomic mass is 9.83. The van der Waals surface area contributed by atoms with Gasteiger partial charge in [0.15, 0.2) is 0 Å². The third kappa shape index (κ3) is 8.73. The van der Waals surface area contributed by atoms with Gasteiger partial charge in [0.25, 0.3) is 0 Å². The largest absolute Gasteiger partial charge is 0.462 e. The van der Waals surface area contributed by atoms with Crippen LogP contribution in [0, 0.1) is 0 Å². The molecule has 0 aromatic carbocycles. The van der Waals surface area contributed by atoms with Crippen molar-refractivity contribution in [1.29, 1.82) is 0 Å². The predicted molar refractivity (Wildman–Crippen MR) is 167 cm³/mol. The first-order valence-corrected chi connectivity index (χ1v) is 17.0. The first-order chi connectivity index (χ1) is 20.7. The average molecular weight is 625 g/mol. The van der Waals surface area contributed by atoms with Gasteiger partial charge in [-0.1, -0.05) is 25.7 Å². The summed E-state index contributed by atoms with van der Waals surface area (Å²) in [7, 11) is 3.40. The Hall–Kier alpha value is -1.30. The Balaban J connectivity index is 1.06. The van der Waals surface area contributed by atoms with Crippen LogP contribution in [0.4, 0.5) is 0 Å². The van der Waals surface area contributed by atoms with Crippen LogP contribution in [-0.4, -0.2) is 109 Å². The van der Waals surface area contributed by atoms with Crippen molar-refractivity contribution < 1.29 is 38.0 Å². The number of rotatable bonds is 15. The number of carbonyl (C=O) groups is 2. The molecule has 6 atom stereocenters. The molecule has 0 aliphatic carbocycles. The predicted octanol–water partition coefficient (Wildman–Crippen LogP) is 5.20. The molecule has 0 bridgehead atoms. The van der Waals surface area contributed by atoms with Crippen LogP contribution in [0.5, 0.6) is 0 Å².